The zero-order valence-corrected chi connectivity index (χ0v) is 13.2. The lowest BCUT2D eigenvalue weighted by atomic mass is 9.97. The third-order valence-electron chi connectivity index (χ3n) is 3.45. The monoisotopic (exact) mass is 290 g/mol. The number of carbonyl (C=O) groups is 1. The third kappa shape index (κ3) is 2.68. The van der Waals surface area contributed by atoms with Gasteiger partial charge in [-0.05, 0) is 20.8 Å². The molecule has 0 spiro atoms. The molecule has 5 nitrogen and oxygen atoms in total. The number of anilines is 2. The molecule has 1 aliphatic rings. The maximum atomic E-state index is 12.6. The predicted molar refractivity (Wildman–Crippen MR) is 84.4 cm³/mol. The summed E-state index contributed by atoms with van der Waals surface area (Å²) in [5.74, 6) is 1.23. The van der Waals surface area contributed by atoms with E-state index in [1.54, 1.807) is 19.1 Å². The van der Waals surface area contributed by atoms with Gasteiger partial charge in [0.05, 0.1) is 25.6 Å². The van der Waals surface area contributed by atoms with Crippen molar-refractivity contribution in [3.8, 4) is 11.5 Å². The number of hydrogen-bond acceptors (Lipinski definition) is 4. The average Bonchev–Trinajstić information content (AvgIpc) is 2.42. The minimum Gasteiger partial charge on any atom is -0.493 e. The van der Waals surface area contributed by atoms with Gasteiger partial charge in [0.2, 0.25) is 0 Å². The van der Waals surface area contributed by atoms with Crippen LogP contribution < -0.4 is 19.7 Å². The first-order valence-corrected chi connectivity index (χ1v) is 6.80. The summed E-state index contributed by atoms with van der Waals surface area (Å²) in [4.78, 5) is 14.4. The summed E-state index contributed by atoms with van der Waals surface area (Å²) in [6, 6.07) is 3.67. The quantitative estimate of drug-likeness (QED) is 0.866. The Morgan fingerprint density at radius 1 is 1.29 bits per heavy atom. The summed E-state index contributed by atoms with van der Waals surface area (Å²) in [6.45, 7) is 10.0. The van der Waals surface area contributed by atoms with Gasteiger partial charge in [-0.25, -0.2) is 0 Å². The van der Waals surface area contributed by atoms with Crippen LogP contribution in [0, 0.1) is 0 Å². The van der Waals surface area contributed by atoms with Gasteiger partial charge in [0, 0.05) is 18.7 Å². The van der Waals surface area contributed by atoms with Crippen molar-refractivity contribution in [2.45, 2.75) is 26.3 Å². The van der Waals surface area contributed by atoms with Crippen LogP contribution in [0.1, 0.15) is 20.8 Å². The first kappa shape index (κ1) is 15.2. The number of ether oxygens (including phenoxy) is 2. The second kappa shape index (κ2) is 5.31. The molecule has 5 heteroatoms. The van der Waals surface area contributed by atoms with Crippen molar-refractivity contribution < 1.29 is 14.3 Å². The highest BCUT2D eigenvalue weighted by molar-refractivity contribution is 6.08. The number of benzene rings is 1. The molecular formula is C16H22N2O3. The zero-order chi connectivity index (χ0) is 15.8. The van der Waals surface area contributed by atoms with E-state index < -0.39 is 5.54 Å². The Morgan fingerprint density at radius 3 is 2.38 bits per heavy atom. The van der Waals surface area contributed by atoms with E-state index in [4.69, 9.17) is 9.47 Å². The van der Waals surface area contributed by atoms with E-state index >= 15 is 0 Å². The van der Waals surface area contributed by atoms with Crippen LogP contribution in [0.4, 0.5) is 11.4 Å². The van der Waals surface area contributed by atoms with Crippen molar-refractivity contribution in [2.75, 3.05) is 31.0 Å². The number of rotatable bonds is 4. The van der Waals surface area contributed by atoms with Gasteiger partial charge in [0.15, 0.2) is 11.5 Å². The van der Waals surface area contributed by atoms with Crippen LogP contribution in [0.2, 0.25) is 0 Å². The number of methoxy groups -OCH3 is 2. The number of amides is 1. The van der Waals surface area contributed by atoms with E-state index in [-0.39, 0.29) is 5.91 Å². The fraction of sp³-hybridized carbons (Fsp3) is 0.438. The second-order valence-corrected chi connectivity index (χ2v) is 5.82. The van der Waals surface area contributed by atoms with E-state index in [9.17, 15) is 4.79 Å². The molecule has 114 valence electrons. The molecule has 1 aliphatic heterocycles. The van der Waals surface area contributed by atoms with Crippen LogP contribution in [0.5, 0.6) is 11.5 Å². The van der Waals surface area contributed by atoms with Crippen LogP contribution in [-0.4, -0.2) is 32.2 Å². The highest BCUT2D eigenvalue weighted by atomic mass is 16.5. The lowest BCUT2D eigenvalue weighted by molar-refractivity contribution is -0.122. The molecule has 1 amide bonds. The molecule has 21 heavy (non-hydrogen) atoms. The van der Waals surface area contributed by atoms with Gasteiger partial charge >= 0.3 is 0 Å². The summed E-state index contributed by atoms with van der Waals surface area (Å²) < 4.78 is 10.7. The molecule has 0 atom stereocenters. The molecule has 1 aromatic carbocycles. The van der Waals surface area contributed by atoms with E-state index in [2.05, 4.69) is 11.9 Å². The first-order chi connectivity index (χ1) is 9.80. The summed E-state index contributed by atoms with van der Waals surface area (Å²) in [7, 11) is 3.17. The molecule has 1 aromatic rings. The van der Waals surface area contributed by atoms with Crippen molar-refractivity contribution in [3.05, 3.63) is 24.3 Å². The summed E-state index contributed by atoms with van der Waals surface area (Å²) in [5, 5.41) is 3.26. The topological polar surface area (TPSA) is 50.8 Å². The summed E-state index contributed by atoms with van der Waals surface area (Å²) >= 11 is 0. The number of hydrogen-bond donors (Lipinski definition) is 1. The molecule has 1 N–H and O–H groups in total. The molecular weight excluding hydrogens is 268 g/mol. The third-order valence-corrected chi connectivity index (χ3v) is 3.45. The molecule has 0 fully saturated rings. The van der Waals surface area contributed by atoms with Crippen LogP contribution in [0.15, 0.2) is 24.3 Å². The molecule has 0 radical (unpaired) electrons. The van der Waals surface area contributed by atoms with Crippen molar-refractivity contribution in [3.63, 3.8) is 0 Å². The van der Waals surface area contributed by atoms with Gasteiger partial charge in [0.25, 0.3) is 5.91 Å². The largest absolute Gasteiger partial charge is 0.493 e. The van der Waals surface area contributed by atoms with Gasteiger partial charge < -0.3 is 19.7 Å². The van der Waals surface area contributed by atoms with Crippen molar-refractivity contribution in [1.82, 2.24) is 0 Å². The van der Waals surface area contributed by atoms with Crippen molar-refractivity contribution >= 4 is 17.3 Å². The van der Waals surface area contributed by atoms with E-state index in [1.165, 1.54) is 0 Å². The van der Waals surface area contributed by atoms with Crippen LogP contribution in [-0.2, 0) is 4.79 Å². The number of nitrogens with one attached hydrogen (secondary N) is 1. The van der Waals surface area contributed by atoms with Gasteiger partial charge in [0.1, 0.15) is 5.54 Å². The Labute approximate surface area is 125 Å². The summed E-state index contributed by atoms with van der Waals surface area (Å²) in [6.07, 6.45) is 0. The van der Waals surface area contributed by atoms with Crippen LogP contribution in [0.25, 0.3) is 0 Å². The van der Waals surface area contributed by atoms with Gasteiger partial charge in [-0.1, -0.05) is 12.2 Å². The average molecular weight is 290 g/mol. The Bertz CT molecular complexity index is 593. The molecule has 2 rings (SSSR count). The standard InChI is InChI=1S/C16H22N2O3/c1-10(2)9-18-12-8-14(21-6)13(20-5)7-11(12)17-16(3,4)15(18)19/h7-8,17H,1,9H2,2-6H3. The second-order valence-electron chi connectivity index (χ2n) is 5.82. The Hall–Kier alpha value is -2.17. The van der Waals surface area contributed by atoms with Gasteiger partial charge in [-0.2, -0.15) is 0 Å². The predicted octanol–water partition coefficient (Wildman–Crippen LogP) is 2.82. The van der Waals surface area contributed by atoms with Crippen LogP contribution >= 0.6 is 0 Å². The molecule has 0 aromatic heterocycles. The van der Waals surface area contributed by atoms with Gasteiger partial charge in [-0.15, -0.1) is 0 Å². The minimum absolute atomic E-state index is 0.00483. The smallest absolute Gasteiger partial charge is 0.252 e. The highest BCUT2D eigenvalue weighted by Crippen LogP contribution is 2.43. The molecule has 1 heterocycles. The fourth-order valence-corrected chi connectivity index (χ4v) is 2.46. The Kier molecular flexibility index (Phi) is 3.85. The Balaban J connectivity index is 2.59. The molecule has 0 saturated heterocycles. The molecule has 0 bridgehead atoms. The maximum Gasteiger partial charge on any atom is 0.252 e. The van der Waals surface area contributed by atoms with Gasteiger partial charge in [-0.3, -0.25) is 4.79 Å². The Morgan fingerprint density at radius 2 is 1.86 bits per heavy atom. The minimum atomic E-state index is -0.679. The van der Waals surface area contributed by atoms with E-state index in [1.807, 2.05) is 32.9 Å². The van der Waals surface area contributed by atoms with Crippen LogP contribution in [0.3, 0.4) is 0 Å². The molecule has 0 unspecified atom stereocenters. The SMILES string of the molecule is C=C(C)CN1C(=O)C(C)(C)Nc2cc(OC)c(OC)cc21. The maximum absolute atomic E-state index is 12.6. The fourth-order valence-electron chi connectivity index (χ4n) is 2.46. The van der Waals surface area contributed by atoms with Crippen molar-refractivity contribution in [1.29, 1.82) is 0 Å². The lowest BCUT2D eigenvalue weighted by Crippen LogP contribution is -2.54. The highest BCUT2D eigenvalue weighted by Gasteiger charge is 2.39. The number of fused-ring (bicyclic) bond motifs is 1. The van der Waals surface area contributed by atoms with Crippen molar-refractivity contribution in [2.24, 2.45) is 0 Å². The van der Waals surface area contributed by atoms with E-state index in [0.29, 0.717) is 18.0 Å². The summed E-state index contributed by atoms with van der Waals surface area (Å²) in [5.41, 5.74) is 1.86. The van der Waals surface area contributed by atoms with E-state index in [0.717, 1.165) is 16.9 Å². The molecule has 0 saturated carbocycles. The molecule has 0 aliphatic carbocycles. The number of nitrogens with zero attached hydrogens (tertiary/aromatic N) is 1. The zero-order valence-electron chi connectivity index (χ0n) is 13.2. The normalized spacial score (nSPS) is 16.0. The lowest BCUT2D eigenvalue weighted by Gasteiger charge is -2.40. The number of carbonyl (C=O) groups excluding carboxylic acids is 1. The first-order valence-electron chi connectivity index (χ1n) is 6.80.